The van der Waals surface area contributed by atoms with Gasteiger partial charge in [0, 0.05) is 10.9 Å². The van der Waals surface area contributed by atoms with Crippen LogP contribution in [0.25, 0.3) is 5.69 Å². The van der Waals surface area contributed by atoms with Gasteiger partial charge in [-0.2, -0.15) is 11.3 Å². The predicted molar refractivity (Wildman–Crippen MR) is 83.4 cm³/mol. The Labute approximate surface area is 135 Å². The molecule has 2 aromatic heterocycles. The molecule has 0 radical (unpaired) electrons. The third-order valence-corrected chi connectivity index (χ3v) is 3.83. The van der Waals surface area contributed by atoms with Crippen LogP contribution < -0.4 is 10.1 Å². The zero-order valence-electron chi connectivity index (χ0n) is 12.2. The Morgan fingerprint density at radius 2 is 2.30 bits per heavy atom. The molecule has 0 atom stereocenters. The average molecular weight is 332 g/mol. The SMILES string of the molecule is COc1ccc(C(=O)NCc2cn(-c3ccsc3)nn2)cc1F. The number of nitrogens with one attached hydrogen (secondary N) is 1. The number of hydrogen-bond donors (Lipinski definition) is 1. The minimum atomic E-state index is -0.580. The lowest BCUT2D eigenvalue weighted by molar-refractivity contribution is 0.0950. The van der Waals surface area contributed by atoms with Gasteiger partial charge in [-0.25, -0.2) is 9.07 Å². The molecule has 0 fully saturated rings. The maximum atomic E-state index is 13.6. The highest BCUT2D eigenvalue weighted by Crippen LogP contribution is 2.17. The van der Waals surface area contributed by atoms with Gasteiger partial charge in [0.05, 0.1) is 25.5 Å². The Morgan fingerprint density at radius 3 is 3.00 bits per heavy atom. The first-order chi connectivity index (χ1) is 11.2. The van der Waals surface area contributed by atoms with E-state index in [9.17, 15) is 9.18 Å². The number of methoxy groups -OCH3 is 1. The Kier molecular flexibility index (Phi) is 4.33. The molecular formula is C15H13FN4O2S. The summed E-state index contributed by atoms with van der Waals surface area (Å²) in [6, 6.07) is 5.97. The third-order valence-electron chi connectivity index (χ3n) is 3.16. The van der Waals surface area contributed by atoms with Gasteiger partial charge in [0.25, 0.3) is 5.91 Å². The number of ether oxygens (including phenoxy) is 1. The van der Waals surface area contributed by atoms with Crippen molar-refractivity contribution in [1.82, 2.24) is 20.3 Å². The summed E-state index contributed by atoms with van der Waals surface area (Å²) in [5.41, 5.74) is 1.74. The molecule has 0 saturated carbocycles. The zero-order valence-corrected chi connectivity index (χ0v) is 13.0. The van der Waals surface area contributed by atoms with E-state index in [0.29, 0.717) is 5.69 Å². The van der Waals surface area contributed by atoms with Crippen LogP contribution in [0.15, 0.2) is 41.2 Å². The van der Waals surface area contributed by atoms with E-state index in [-0.39, 0.29) is 17.9 Å². The molecule has 1 amide bonds. The van der Waals surface area contributed by atoms with Crippen LogP contribution in [-0.4, -0.2) is 28.0 Å². The number of rotatable bonds is 5. The Hall–Kier alpha value is -2.74. The fourth-order valence-electron chi connectivity index (χ4n) is 1.97. The van der Waals surface area contributed by atoms with E-state index in [1.807, 2.05) is 16.8 Å². The summed E-state index contributed by atoms with van der Waals surface area (Å²) < 4.78 is 20.1. The van der Waals surface area contributed by atoms with Gasteiger partial charge in [-0.05, 0) is 29.6 Å². The van der Waals surface area contributed by atoms with Crippen molar-refractivity contribution in [2.45, 2.75) is 6.54 Å². The molecule has 0 bridgehead atoms. The average Bonchev–Trinajstić information content (AvgIpc) is 3.23. The van der Waals surface area contributed by atoms with Crippen LogP contribution in [0.2, 0.25) is 0 Å². The molecule has 2 heterocycles. The molecule has 0 spiro atoms. The van der Waals surface area contributed by atoms with Gasteiger partial charge < -0.3 is 10.1 Å². The molecule has 0 saturated heterocycles. The Bertz CT molecular complexity index is 817. The standard InChI is InChI=1S/C15H13FN4O2S/c1-22-14-3-2-10(6-13(14)16)15(21)17-7-11-8-20(19-18-11)12-4-5-23-9-12/h2-6,8-9H,7H2,1H3,(H,17,21). The molecule has 118 valence electrons. The molecule has 8 heteroatoms. The molecule has 3 rings (SSSR count). The number of hydrogen-bond acceptors (Lipinski definition) is 5. The number of benzene rings is 1. The fraction of sp³-hybridized carbons (Fsp3) is 0.133. The number of carbonyl (C=O) groups is 1. The number of amides is 1. The molecule has 0 aliphatic carbocycles. The fourth-order valence-corrected chi connectivity index (χ4v) is 2.60. The van der Waals surface area contributed by atoms with Crippen LogP contribution in [0.5, 0.6) is 5.75 Å². The van der Waals surface area contributed by atoms with Gasteiger partial charge >= 0.3 is 0 Å². The lowest BCUT2D eigenvalue weighted by Gasteiger charge is -2.05. The second-order valence-electron chi connectivity index (χ2n) is 4.67. The minimum Gasteiger partial charge on any atom is -0.494 e. The lowest BCUT2D eigenvalue weighted by Crippen LogP contribution is -2.23. The number of aromatic nitrogens is 3. The van der Waals surface area contributed by atoms with E-state index in [0.717, 1.165) is 11.8 Å². The molecule has 1 aromatic carbocycles. The highest BCUT2D eigenvalue weighted by molar-refractivity contribution is 7.08. The second-order valence-corrected chi connectivity index (χ2v) is 5.45. The highest BCUT2D eigenvalue weighted by Gasteiger charge is 2.11. The summed E-state index contributed by atoms with van der Waals surface area (Å²) in [5, 5.41) is 14.5. The van der Waals surface area contributed by atoms with Crippen molar-refractivity contribution in [3.63, 3.8) is 0 Å². The summed E-state index contributed by atoms with van der Waals surface area (Å²) in [4.78, 5) is 12.0. The summed E-state index contributed by atoms with van der Waals surface area (Å²) >= 11 is 1.56. The van der Waals surface area contributed by atoms with Crippen molar-refractivity contribution < 1.29 is 13.9 Å². The maximum absolute atomic E-state index is 13.6. The topological polar surface area (TPSA) is 69.0 Å². The zero-order chi connectivity index (χ0) is 16.2. The van der Waals surface area contributed by atoms with Crippen LogP contribution in [0, 0.1) is 5.82 Å². The molecule has 1 N–H and O–H groups in total. The monoisotopic (exact) mass is 332 g/mol. The Morgan fingerprint density at radius 1 is 1.43 bits per heavy atom. The predicted octanol–water partition coefficient (Wildman–Crippen LogP) is 2.41. The molecule has 0 aliphatic heterocycles. The Balaban J connectivity index is 1.64. The van der Waals surface area contributed by atoms with E-state index in [2.05, 4.69) is 15.6 Å². The van der Waals surface area contributed by atoms with E-state index < -0.39 is 11.7 Å². The van der Waals surface area contributed by atoms with Crippen molar-refractivity contribution in [1.29, 1.82) is 0 Å². The van der Waals surface area contributed by atoms with Crippen molar-refractivity contribution in [2.24, 2.45) is 0 Å². The number of halogens is 1. The van der Waals surface area contributed by atoms with Gasteiger partial charge in [-0.15, -0.1) is 5.10 Å². The van der Waals surface area contributed by atoms with Crippen molar-refractivity contribution in [3.05, 3.63) is 58.3 Å². The summed E-state index contributed by atoms with van der Waals surface area (Å²) in [7, 11) is 1.37. The number of thiophene rings is 1. The number of carbonyl (C=O) groups excluding carboxylic acids is 1. The summed E-state index contributed by atoms with van der Waals surface area (Å²) in [5.74, 6) is -0.875. The molecule has 0 unspecified atom stereocenters. The number of nitrogens with zero attached hydrogens (tertiary/aromatic N) is 3. The molecule has 3 aromatic rings. The van der Waals surface area contributed by atoms with Gasteiger partial charge in [0.1, 0.15) is 5.69 Å². The van der Waals surface area contributed by atoms with Gasteiger partial charge in [0.15, 0.2) is 11.6 Å². The molecule has 6 nitrogen and oxygen atoms in total. The first-order valence-corrected chi connectivity index (χ1v) is 7.67. The van der Waals surface area contributed by atoms with Crippen LogP contribution >= 0.6 is 11.3 Å². The van der Waals surface area contributed by atoms with E-state index in [4.69, 9.17) is 4.74 Å². The lowest BCUT2D eigenvalue weighted by atomic mass is 10.2. The minimum absolute atomic E-state index is 0.0975. The molecule has 23 heavy (non-hydrogen) atoms. The van der Waals surface area contributed by atoms with Crippen LogP contribution in [0.1, 0.15) is 16.1 Å². The van der Waals surface area contributed by atoms with Gasteiger partial charge in [-0.1, -0.05) is 5.21 Å². The van der Waals surface area contributed by atoms with Crippen molar-refractivity contribution in [3.8, 4) is 11.4 Å². The molecular weight excluding hydrogens is 319 g/mol. The summed E-state index contributed by atoms with van der Waals surface area (Å²) in [6.07, 6.45) is 1.73. The van der Waals surface area contributed by atoms with E-state index in [1.165, 1.54) is 19.2 Å². The quantitative estimate of drug-likeness (QED) is 0.779. The van der Waals surface area contributed by atoms with Crippen molar-refractivity contribution >= 4 is 17.2 Å². The van der Waals surface area contributed by atoms with Gasteiger partial charge in [-0.3, -0.25) is 4.79 Å². The second kappa shape index (κ2) is 6.57. The van der Waals surface area contributed by atoms with E-state index in [1.54, 1.807) is 22.2 Å². The van der Waals surface area contributed by atoms with Crippen LogP contribution in [0.4, 0.5) is 4.39 Å². The van der Waals surface area contributed by atoms with Gasteiger partial charge in [0.2, 0.25) is 0 Å². The van der Waals surface area contributed by atoms with E-state index >= 15 is 0 Å². The third kappa shape index (κ3) is 3.37. The normalized spacial score (nSPS) is 10.5. The smallest absolute Gasteiger partial charge is 0.251 e. The first kappa shape index (κ1) is 15.2. The summed E-state index contributed by atoms with van der Waals surface area (Å²) in [6.45, 7) is 0.205. The van der Waals surface area contributed by atoms with Crippen LogP contribution in [0.3, 0.4) is 0 Å². The highest BCUT2D eigenvalue weighted by atomic mass is 32.1. The molecule has 0 aliphatic rings. The van der Waals surface area contributed by atoms with Crippen molar-refractivity contribution in [2.75, 3.05) is 7.11 Å². The first-order valence-electron chi connectivity index (χ1n) is 6.73. The maximum Gasteiger partial charge on any atom is 0.251 e. The largest absolute Gasteiger partial charge is 0.494 e. The van der Waals surface area contributed by atoms with Crippen LogP contribution in [-0.2, 0) is 6.54 Å².